The van der Waals surface area contributed by atoms with Crippen LogP contribution in [0.2, 0.25) is 0 Å². The first-order chi connectivity index (χ1) is 7.59. The summed E-state index contributed by atoms with van der Waals surface area (Å²) in [7, 11) is 0. The summed E-state index contributed by atoms with van der Waals surface area (Å²) in [5.41, 5.74) is 3.57. The van der Waals surface area contributed by atoms with Crippen LogP contribution in [0, 0.1) is 13.8 Å². The molecule has 0 aliphatic heterocycles. The van der Waals surface area contributed by atoms with Gasteiger partial charge >= 0.3 is 5.97 Å². The molecule has 0 fully saturated rings. The van der Waals surface area contributed by atoms with Gasteiger partial charge in [-0.1, -0.05) is 18.2 Å². The molecule has 0 radical (unpaired) electrons. The van der Waals surface area contributed by atoms with Crippen molar-refractivity contribution in [2.45, 2.75) is 20.3 Å². The van der Waals surface area contributed by atoms with Gasteiger partial charge in [0.2, 0.25) is 0 Å². The van der Waals surface area contributed by atoms with Crippen LogP contribution in [0.1, 0.15) is 16.8 Å². The van der Waals surface area contributed by atoms with Crippen LogP contribution in [0.5, 0.6) is 0 Å². The van der Waals surface area contributed by atoms with E-state index in [9.17, 15) is 4.79 Å². The first kappa shape index (κ1) is 13.5. The maximum Gasteiger partial charge on any atom is 0.307 e. The maximum atomic E-state index is 10.8. The third-order valence-corrected chi connectivity index (χ3v) is 2.81. The first-order valence-electron chi connectivity index (χ1n) is 5.16. The predicted octanol–water partition coefficient (Wildman–Crippen LogP) is 2.90. The zero-order valence-electron chi connectivity index (χ0n) is 9.73. The lowest BCUT2D eigenvalue weighted by atomic mass is 10.00. The highest BCUT2D eigenvalue weighted by Crippen LogP contribution is 2.22. The summed E-state index contributed by atoms with van der Waals surface area (Å²) < 4.78 is 0. The number of fused-ring (bicyclic) bond motifs is 1. The minimum absolute atomic E-state index is 0. The standard InChI is InChI=1S/C13H13NO2.ClH/c1-8-10-5-3-4-6-12(10)14-9(2)11(8)7-13(15)16;/h3-6H,7H2,1-2H3,(H,15,16);1H. The summed E-state index contributed by atoms with van der Waals surface area (Å²) in [6, 6.07) is 7.80. The van der Waals surface area contributed by atoms with Crippen LogP contribution in [-0.2, 0) is 11.2 Å². The largest absolute Gasteiger partial charge is 0.481 e. The highest BCUT2D eigenvalue weighted by Gasteiger charge is 2.11. The highest BCUT2D eigenvalue weighted by molar-refractivity contribution is 5.85. The van der Waals surface area contributed by atoms with E-state index in [4.69, 9.17) is 5.11 Å². The highest BCUT2D eigenvalue weighted by atomic mass is 35.5. The summed E-state index contributed by atoms with van der Waals surface area (Å²) in [6.07, 6.45) is 0.0372. The summed E-state index contributed by atoms with van der Waals surface area (Å²) in [6.45, 7) is 3.81. The van der Waals surface area contributed by atoms with E-state index in [0.29, 0.717) is 0 Å². The molecule has 0 amide bonds. The van der Waals surface area contributed by atoms with E-state index in [-0.39, 0.29) is 18.8 Å². The van der Waals surface area contributed by atoms with Crippen LogP contribution >= 0.6 is 12.4 Å². The van der Waals surface area contributed by atoms with Crippen LogP contribution in [0.25, 0.3) is 10.9 Å². The van der Waals surface area contributed by atoms with Gasteiger partial charge in [0.15, 0.2) is 0 Å². The summed E-state index contributed by atoms with van der Waals surface area (Å²) >= 11 is 0. The number of aromatic nitrogens is 1. The topological polar surface area (TPSA) is 50.2 Å². The van der Waals surface area contributed by atoms with Gasteiger partial charge in [-0.15, -0.1) is 12.4 Å². The van der Waals surface area contributed by atoms with Crippen LogP contribution in [0.15, 0.2) is 24.3 Å². The first-order valence-corrected chi connectivity index (χ1v) is 5.16. The molecule has 4 heteroatoms. The minimum atomic E-state index is -0.816. The second kappa shape index (κ2) is 5.15. The zero-order chi connectivity index (χ0) is 11.7. The number of halogens is 1. The molecule has 2 rings (SSSR count). The molecule has 1 aromatic carbocycles. The Hall–Kier alpha value is -1.61. The molecule has 2 aromatic rings. The van der Waals surface area contributed by atoms with Crippen LogP contribution < -0.4 is 0 Å². The molecule has 3 nitrogen and oxygen atoms in total. The number of aryl methyl sites for hydroxylation is 2. The van der Waals surface area contributed by atoms with Crippen LogP contribution in [-0.4, -0.2) is 16.1 Å². The van der Waals surface area contributed by atoms with Crippen molar-refractivity contribution >= 4 is 29.3 Å². The number of rotatable bonds is 2. The maximum absolute atomic E-state index is 10.8. The summed E-state index contributed by atoms with van der Waals surface area (Å²) in [5, 5.41) is 9.89. The van der Waals surface area contributed by atoms with Gasteiger partial charge in [-0.3, -0.25) is 9.78 Å². The Labute approximate surface area is 106 Å². The molecule has 1 heterocycles. The molecule has 0 saturated heterocycles. The van der Waals surface area contributed by atoms with Crippen molar-refractivity contribution in [3.05, 3.63) is 41.1 Å². The number of hydrogen-bond acceptors (Lipinski definition) is 2. The molecule has 0 bridgehead atoms. The van der Waals surface area contributed by atoms with E-state index in [1.807, 2.05) is 38.1 Å². The third-order valence-electron chi connectivity index (χ3n) is 2.81. The lowest BCUT2D eigenvalue weighted by Crippen LogP contribution is -2.06. The number of carboxylic acid groups (broad SMARTS) is 1. The monoisotopic (exact) mass is 251 g/mol. The number of nitrogens with zero attached hydrogens (tertiary/aromatic N) is 1. The fourth-order valence-corrected chi connectivity index (χ4v) is 1.98. The number of hydrogen-bond donors (Lipinski definition) is 1. The van der Waals surface area contributed by atoms with E-state index in [0.717, 1.165) is 27.7 Å². The van der Waals surface area contributed by atoms with Gasteiger partial charge in [-0.2, -0.15) is 0 Å². The van der Waals surface area contributed by atoms with E-state index < -0.39 is 5.97 Å². The molecule has 0 unspecified atom stereocenters. The van der Waals surface area contributed by atoms with E-state index in [1.165, 1.54) is 0 Å². The fourth-order valence-electron chi connectivity index (χ4n) is 1.98. The predicted molar refractivity (Wildman–Crippen MR) is 69.8 cm³/mol. The number of carboxylic acids is 1. The van der Waals surface area contributed by atoms with Crippen molar-refractivity contribution in [1.29, 1.82) is 0 Å². The zero-order valence-corrected chi connectivity index (χ0v) is 10.5. The van der Waals surface area contributed by atoms with Gasteiger partial charge in [0.05, 0.1) is 11.9 Å². The van der Waals surface area contributed by atoms with E-state index in [1.54, 1.807) is 0 Å². The fraction of sp³-hybridized carbons (Fsp3) is 0.231. The lowest BCUT2D eigenvalue weighted by molar-refractivity contribution is -0.136. The van der Waals surface area contributed by atoms with Gasteiger partial charge in [0.1, 0.15) is 0 Å². The van der Waals surface area contributed by atoms with Crippen LogP contribution in [0.4, 0.5) is 0 Å². The number of aliphatic carboxylic acids is 1. The Morgan fingerprint density at radius 2 is 1.94 bits per heavy atom. The average Bonchev–Trinajstić information content (AvgIpc) is 2.24. The van der Waals surface area contributed by atoms with Crippen molar-refractivity contribution in [2.24, 2.45) is 0 Å². The molecule has 17 heavy (non-hydrogen) atoms. The van der Waals surface area contributed by atoms with Crippen molar-refractivity contribution in [1.82, 2.24) is 4.98 Å². The average molecular weight is 252 g/mol. The Morgan fingerprint density at radius 3 is 2.59 bits per heavy atom. The molecule has 0 saturated carbocycles. The number of carbonyl (C=O) groups is 1. The Bertz CT molecular complexity index is 567. The molecule has 0 aliphatic rings. The van der Waals surface area contributed by atoms with Crippen molar-refractivity contribution in [2.75, 3.05) is 0 Å². The van der Waals surface area contributed by atoms with Gasteiger partial charge in [0.25, 0.3) is 0 Å². The third kappa shape index (κ3) is 2.56. The van der Waals surface area contributed by atoms with Gasteiger partial charge in [0, 0.05) is 11.1 Å². The van der Waals surface area contributed by atoms with Gasteiger partial charge in [-0.25, -0.2) is 0 Å². The molecular weight excluding hydrogens is 238 g/mol. The van der Waals surface area contributed by atoms with Crippen molar-refractivity contribution in [3.8, 4) is 0 Å². The SMILES string of the molecule is Cc1nc2ccccc2c(C)c1CC(=O)O.Cl. The van der Waals surface area contributed by atoms with Crippen molar-refractivity contribution in [3.63, 3.8) is 0 Å². The second-order valence-electron chi connectivity index (χ2n) is 3.89. The lowest BCUT2D eigenvalue weighted by Gasteiger charge is -2.10. The number of para-hydroxylation sites is 1. The molecular formula is C13H14ClNO2. The molecule has 1 aromatic heterocycles. The molecule has 1 N–H and O–H groups in total. The number of benzene rings is 1. The van der Waals surface area contributed by atoms with Crippen LogP contribution in [0.3, 0.4) is 0 Å². The normalized spacial score (nSPS) is 10.0. The quantitative estimate of drug-likeness (QED) is 0.893. The Kier molecular flexibility index (Phi) is 4.07. The smallest absolute Gasteiger partial charge is 0.307 e. The van der Waals surface area contributed by atoms with E-state index in [2.05, 4.69) is 4.98 Å². The molecule has 90 valence electrons. The second-order valence-corrected chi connectivity index (χ2v) is 3.89. The Balaban J connectivity index is 0.00000144. The van der Waals surface area contributed by atoms with E-state index >= 15 is 0 Å². The summed E-state index contributed by atoms with van der Waals surface area (Å²) in [5.74, 6) is -0.816. The van der Waals surface area contributed by atoms with Gasteiger partial charge in [-0.05, 0) is 31.0 Å². The summed E-state index contributed by atoms with van der Waals surface area (Å²) in [4.78, 5) is 15.2. The molecule has 0 spiro atoms. The van der Waals surface area contributed by atoms with Gasteiger partial charge < -0.3 is 5.11 Å². The molecule has 0 atom stereocenters. The number of pyridine rings is 1. The minimum Gasteiger partial charge on any atom is -0.481 e. The molecule has 0 aliphatic carbocycles. The Morgan fingerprint density at radius 1 is 1.29 bits per heavy atom. The van der Waals surface area contributed by atoms with Crippen molar-refractivity contribution < 1.29 is 9.90 Å².